The van der Waals surface area contributed by atoms with E-state index in [-0.39, 0.29) is 0 Å². The Morgan fingerprint density at radius 1 is 1.09 bits per heavy atom. The van der Waals surface area contributed by atoms with Crippen LogP contribution in [-0.2, 0) is 11.3 Å². The molecule has 124 valence electrons. The Labute approximate surface area is 143 Å². The predicted molar refractivity (Wildman–Crippen MR) is 94.5 cm³/mol. The zero-order valence-corrected chi connectivity index (χ0v) is 15.2. The summed E-state index contributed by atoms with van der Waals surface area (Å²) in [5, 5.41) is 0.713. The Morgan fingerprint density at radius 3 is 2.35 bits per heavy atom. The maximum atomic E-state index is 6.11. The van der Waals surface area contributed by atoms with Gasteiger partial charge in [-0.1, -0.05) is 25.4 Å². The van der Waals surface area contributed by atoms with Crippen LogP contribution in [0, 0.1) is 26.7 Å². The van der Waals surface area contributed by atoms with Crippen molar-refractivity contribution < 1.29 is 9.47 Å². The van der Waals surface area contributed by atoms with Gasteiger partial charge in [-0.25, -0.2) is 4.98 Å². The molecular weight excluding hydrogens is 310 g/mol. The second-order valence-electron chi connectivity index (χ2n) is 6.30. The molecule has 0 fully saturated rings. The minimum absolute atomic E-state index is 0.493. The quantitative estimate of drug-likeness (QED) is 0.687. The molecule has 1 aromatic heterocycles. The van der Waals surface area contributed by atoms with E-state index >= 15 is 0 Å². The molecule has 0 amide bonds. The zero-order chi connectivity index (χ0) is 17.0. The van der Waals surface area contributed by atoms with E-state index in [1.807, 2.05) is 45.0 Å². The summed E-state index contributed by atoms with van der Waals surface area (Å²) in [6, 6.07) is 7.78. The number of ether oxygens (including phenoxy) is 2. The Kier molecular flexibility index (Phi) is 6.03. The van der Waals surface area contributed by atoms with E-state index in [0.717, 1.165) is 28.1 Å². The normalized spacial score (nSPS) is 11.1. The molecule has 0 aliphatic rings. The highest BCUT2D eigenvalue weighted by Crippen LogP contribution is 2.32. The Hall–Kier alpha value is -1.58. The van der Waals surface area contributed by atoms with Crippen LogP contribution in [-0.4, -0.2) is 11.6 Å². The number of nitrogens with zero attached hydrogens (tertiary/aromatic N) is 1. The molecular formula is C19H24ClNO2. The molecule has 2 rings (SSSR count). The van der Waals surface area contributed by atoms with Crippen molar-refractivity contribution >= 4 is 11.6 Å². The topological polar surface area (TPSA) is 31.4 Å². The van der Waals surface area contributed by atoms with Gasteiger partial charge in [-0.15, -0.1) is 0 Å². The van der Waals surface area contributed by atoms with Gasteiger partial charge < -0.3 is 9.47 Å². The van der Waals surface area contributed by atoms with Crippen molar-refractivity contribution in [3.63, 3.8) is 0 Å². The number of aromatic nitrogens is 1. The fraction of sp³-hybridized carbons (Fsp3) is 0.421. The molecule has 23 heavy (non-hydrogen) atoms. The lowest BCUT2D eigenvalue weighted by molar-refractivity contribution is 0.0955. The third-order valence-electron chi connectivity index (χ3n) is 3.41. The molecule has 0 aliphatic heterocycles. The van der Waals surface area contributed by atoms with Crippen LogP contribution in [0.2, 0.25) is 5.02 Å². The van der Waals surface area contributed by atoms with Gasteiger partial charge in [0.05, 0.1) is 6.61 Å². The van der Waals surface area contributed by atoms with Gasteiger partial charge in [-0.3, -0.25) is 0 Å². The molecule has 0 saturated heterocycles. The third-order valence-corrected chi connectivity index (χ3v) is 3.63. The largest absolute Gasteiger partial charge is 0.438 e. The van der Waals surface area contributed by atoms with E-state index in [4.69, 9.17) is 21.1 Å². The summed E-state index contributed by atoms with van der Waals surface area (Å²) in [6.45, 7) is 11.4. The molecule has 2 aromatic rings. The van der Waals surface area contributed by atoms with Crippen molar-refractivity contribution in [3.8, 4) is 11.6 Å². The van der Waals surface area contributed by atoms with Crippen molar-refractivity contribution in [2.45, 2.75) is 41.2 Å². The van der Waals surface area contributed by atoms with Crippen molar-refractivity contribution in [3.05, 3.63) is 51.7 Å². The van der Waals surface area contributed by atoms with Gasteiger partial charge in [-0.05, 0) is 62.1 Å². The molecule has 0 atom stereocenters. The molecule has 0 unspecified atom stereocenters. The Morgan fingerprint density at radius 2 is 1.74 bits per heavy atom. The van der Waals surface area contributed by atoms with Crippen LogP contribution >= 0.6 is 11.6 Å². The van der Waals surface area contributed by atoms with E-state index < -0.39 is 0 Å². The Balaban J connectivity index is 2.26. The van der Waals surface area contributed by atoms with Crippen molar-refractivity contribution in [2.24, 2.45) is 5.92 Å². The summed E-state index contributed by atoms with van der Waals surface area (Å²) in [4.78, 5) is 4.54. The highest BCUT2D eigenvalue weighted by molar-refractivity contribution is 6.30. The molecule has 0 N–H and O–H groups in total. The number of hydrogen-bond acceptors (Lipinski definition) is 3. The third kappa shape index (κ3) is 4.95. The van der Waals surface area contributed by atoms with Crippen LogP contribution in [0.1, 0.15) is 36.2 Å². The first-order chi connectivity index (χ1) is 10.9. The first-order valence-corrected chi connectivity index (χ1v) is 8.23. The SMILES string of the molecule is Cc1ccc(COCC(C)C)c(Oc2c(C)cc(Cl)cc2C)n1. The van der Waals surface area contributed by atoms with E-state index in [1.54, 1.807) is 0 Å². The highest BCUT2D eigenvalue weighted by Gasteiger charge is 2.12. The summed E-state index contributed by atoms with van der Waals surface area (Å²) < 4.78 is 11.9. The average molecular weight is 334 g/mol. The zero-order valence-electron chi connectivity index (χ0n) is 14.4. The molecule has 0 spiro atoms. The summed E-state index contributed by atoms with van der Waals surface area (Å²) in [7, 11) is 0. The van der Waals surface area contributed by atoms with Crippen LogP contribution in [0.4, 0.5) is 0 Å². The van der Waals surface area contributed by atoms with Crippen LogP contribution in [0.5, 0.6) is 11.6 Å². The van der Waals surface area contributed by atoms with Gasteiger partial charge in [0.15, 0.2) is 0 Å². The average Bonchev–Trinajstić information content (AvgIpc) is 2.44. The van der Waals surface area contributed by atoms with Gasteiger partial charge in [0.25, 0.3) is 0 Å². The van der Waals surface area contributed by atoms with E-state index in [9.17, 15) is 0 Å². The van der Waals surface area contributed by atoms with E-state index in [0.29, 0.717) is 30.0 Å². The number of benzene rings is 1. The standard InChI is InChI=1S/C19H24ClNO2/c1-12(2)10-22-11-16-7-6-15(5)21-19(16)23-18-13(3)8-17(20)9-14(18)4/h6-9,12H,10-11H2,1-5H3. The van der Waals surface area contributed by atoms with Gasteiger partial charge in [0.1, 0.15) is 5.75 Å². The second-order valence-corrected chi connectivity index (χ2v) is 6.73. The summed E-state index contributed by atoms with van der Waals surface area (Å²) >= 11 is 6.09. The fourth-order valence-corrected chi connectivity index (χ4v) is 2.65. The molecule has 0 aliphatic carbocycles. The lowest BCUT2D eigenvalue weighted by Gasteiger charge is -2.15. The van der Waals surface area contributed by atoms with Crippen molar-refractivity contribution in [1.29, 1.82) is 0 Å². The minimum Gasteiger partial charge on any atom is -0.438 e. The molecule has 0 radical (unpaired) electrons. The lowest BCUT2D eigenvalue weighted by Crippen LogP contribution is -2.04. The fourth-order valence-electron chi connectivity index (χ4n) is 2.32. The lowest BCUT2D eigenvalue weighted by atomic mass is 10.1. The first-order valence-electron chi connectivity index (χ1n) is 7.85. The molecule has 3 nitrogen and oxygen atoms in total. The molecule has 1 heterocycles. The number of pyridine rings is 1. The molecule has 0 bridgehead atoms. The number of rotatable bonds is 6. The number of hydrogen-bond donors (Lipinski definition) is 0. The molecule has 4 heteroatoms. The maximum Gasteiger partial charge on any atom is 0.225 e. The molecule has 1 aromatic carbocycles. The van der Waals surface area contributed by atoms with Crippen LogP contribution in [0.15, 0.2) is 24.3 Å². The highest BCUT2D eigenvalue weighted by atomic mass is 35.5. The first kappa shape index (κ1) is 17.8. The minimum atomic E-state index is 0.493. The monoisotopic (exact) mass is 333 g/mol. The van der Waals surface area contributed by atoms with Gasteiger partial charge in [0, 0.05) is 22.9 Å². The van der Waals surface area contributed by atoms with E-state index in [2.05, 4.69) is 18.8 Å². The predicted octanol–water partition coefficient (Wildman–Crippen LogP) is 5.63. The van der Waals surface area contributed by atoms with E-state index in [1.165, 1.54) is 0 Å². The smallest absolute Gasteiger partial charge is 0.225 e. The number of halogens is 1. The summed E-state index contributed by atoms with van der Waals surface area (Å²) in [5.74, 6) is 1.90. The van der Waals surface area contributed by atoms with Gasteiger partial charge >= 0.3 is 0 Å². The van der Waals surface area contributed by atoms with Crippen LogP contribution in [0.3, 0.4) is 0 Å². The van der Waals surface area contributed by atoms with Crippen LogP contribution < -0.4 is 4.74 Å². The summed E-state index contributed by atoms with van der Waals surface area (Å²) in [6.07, 6.45) is 0. The van der Waals surface area contributed by atoms with Gasteiger partial charge in [-0.2, -0.15) is 0 Å². The van der Waals surface area contributed by atoms with Gasteiger partial charge in [0.2, 0.25) is 5.88 Å². The van der Waals surface area contributed by atoms with Crippen LogP contribution in [0.25, 0.3) is 0 Å². The summed E-state index contributed by atoms with van der Waals surface area (Å²) in [5.41, 5.74) is 3.85. The number of aryl methyl sites for hydroxylation is 3. The second kappa shape index (κ2) is 7.80. The molecule has 0 saturated carbocycles. The maximum absolute atomic E-state index is 6.11. The van der Waals surface area contributed by atoms with Crippen molar-refractivity contribution in [2.75, 3.05) is 6.61 Å². The van der Waals surface area contributed by atoms with Crippen molar-refractivity contribution in [1.82, 2.24) is 4.98 Å². The Bertz CT molecular complexity index is 660.